The van der Waals surface area contributed by atoms with Gasteiger partial charge >= 0.3 is 0 Å². The van der Waals surface area contributed by atoms with Crippen molar-refractivity contribution in [3.8, 4) is 11.5 Å². The van der Waals surface area contributed by atoms with Crippen molar-refractivity contribution in [3.63, 3.8) is 0 Å². The number of hydrogen-bond donors (Lipinski definition) is 1. The Bertz CT molecular complexity index is 639. The minimum absolute atomic E-state index is 0.0481. The first-order valence-electron chi connectivity index (χ1n) is 8.06. The zero-order valence-corrected chi connectivity index (χ0v) is 13.3. The van der Waals surface area contributed by atoms with Crippen LogP contribution in [0.3, 0.4) is 0 Å². The van der Waals surface area contributed by atoms with Gasteiger partial charge in [-0.05, 0) is 48.1 Å². The molecule has 0 bridgehead atoms. The highest BCUT2D eigenvalue weighted by Gasteiger charge is 2.51. The summed E-state index contributed by atoms with van der Waals surface area (Å²) in [5.74, 6) is 0.814. The molecule has 1 saturated heterocycles. The van der Waals surface area contributed by atoms with Gasteiger partial charge in [0, 0.05) is 26.6 Å². The fraction of sp³-hybridized carbons (Fsp3) is 0.556. The molecule has 22 heavy (non-hydrogen) atoms. The number of nitrogens with zero attached hydrogens (tertiary/aromatic N) is 1. The first-order valence-corrected chi connectivity index (χ1v) is 8.06. The molecule has 1 aromatic rings. The number of aromatic hydroxyl groups is 1. The van der Waals surface area contributed by atoms with Gasteiger partial charge in [-0.1, -0.05) is 6.08 Å². The lowest BCUT2D eigenvalue weighted by atomic mass is 9.71. The maximum Gasteiger partial charge on any atom is 0.160 e. The Balaban J connectivity index is 1.91. The molecule has 1 spiro atoms. The zero-order chi connectivity index (χ0) is 15.3. The monoisotopic (exact) mass is 301 g/mol. The van der Waals surface area contributed by atoms with E-state index in [2.05, 4.69) is 11.0 Å². The molecule has 2 heterocycles. The average Bonchev–Trinajstić information content (AvgIpc) is 2.92. The molecule has 3 aliphatic rings. The molecule has 1 fully saturated rings. The van der Waals surface area contributed by atoms with Gasteiger partial charge in [-0.15, -0.1) is 0 Å². The number of phenols is 1. The van der Waals surface area contributed by atoms with Crippen LogP contribution in [-0.4, -0.2) is 43.4 Å². The van der Waals surface area contributed by atoms with Crippen LogP contribution in [-0.2, 0) is 16.7 Å². The van der Waals surface area contributed by atoms with Crippen molar-refractivity contribution < 1.29 is 14.6 Å². The van der Waals surface area contributed by atoms with Gasteiger partial charge in [-0.25, -0.2) is 0 Å². The Morgan fingerprint density at radius 2 is 2.05 bits per heavy atom. The molecule has 1 aliphatic carbocycles. The number of ether oxygens (including phenoxy) is 2. The molecule has 4 rings (SSSR count). The summed E-state index contributed by atoms with van der Waals surface area (Å²) >= 11 is 0. The van der Waals surface area contributed by atoms with Crippen LogP contribution in [0.2, 0.25) is 0 Å². The molecule has 118 valence electrons. The van der Waals surface area contributed by atoms with E-state index in [4.69, 9.17) is 9.47 Å². The summed E-state index contributed by atoms with van der Waals surface area (Å²) in [5.41, 5.74) is 4.03. The van der Waals surface area contributed by atoms with Crippen molar-refractivity contribution in [1.29, 1.82) is 0 Å². The topological polar surface area (TPSA) is 41.9 Å². The summed E-state index contributed by atoms with van der Waals surface area (Å²) in [7, 11) is 3.42. The SMILES string of the molecule is COc1cc2c(cc1O)CCN1CCC3=CCC(OC)CC321. The van der Waals surface area contributed by atoms with Crippen LogP contribution in [0.15, 0.2) is 23.8 Å². The fourth-order valence-electron chi connectivity index (χ4n) is 4.63. The summed E-state index contributed by atoms with van der Waals surface area (Å²) in [6.45, 7) is 2.16. The summed E-state index contributed by atoms with van der Waals surface area (Å²) in [5, 5.41) is 10.1. The van der Waals surface area contributed by atoms with Crippen molar-refractivity contribution >= 4 is 0 Å². The second kappa shape index (κ2) is 5.00. The minimum Gasteiger partial charge on any atom is -0.504 e. The predicted octanol–water partition coefficient (Wildman–Crippen LogP) is 2.59. The molecule has 2 aliphatic heterocycles. The molecule has 2 atom stereocenters. The Kier molecular flexibility index (Phi) is 3.20. The third-order valence-corrected chi connectivity index (χ3v) is 5.71. The van der Waals surface area contributed by atoms with Crippen molar-refractivity contribution in [2.45, 2.75) is 37.3 Å². The van der Waals surface area contributed by atoms with Crippen LogP contribution in [0.25, 0.3) is 0 Å². The Hall–Kier alpha value is -1.52. The van der Waals surface area contributed by atoms with Crippen LogP contribution in [0, 0.1) is 0 Å². The lowest BCUT2D eigenvalue weighted by Gasteiger charge is -2.48. The van der Waals surface area contributed by atoms with Gasteiger partial charge in [-0.3, -0.25) is 4.90 Å². The van der Waals surface area contributed by atoms with E-state index in [1.807, 2.05) is 12.1 Å². The standard InChI is InChI=1S/C18H23NO3/c1-21-14-4-3-13-6-8-19-7-5-12-9-16(20)17(22-2)10-15(12)18(13,19)11-14/h3,9-10,14,20H,4-8,11H2,1-2H3. The van der Waals surface area contributed by atoms with E-state index in [-0.39, 0.29) is 17.4 Å². The van der Waals surface area contributed by atoms with Gasteiger partial charge in [0.25, 0.3) is 0 Å². The lowest BCUT2D eigenvalue weighted by molar-refractivity contribution is 0.0290. The van der Waals surface area contributed by atoms with E-state index in [0.717, 1.165) is 38.8 Å². The normalized spacial score (nSPS) is 30.3. The van der Waals surface area contributed by atoms with Crippen molar-refractivity contribution in [1.82, 2.24) is 4.90 Å². The number of phenolic OH excluding ortho intramolecular Hbond substituents is 1. The van der Waals surface area contributed by atoms with E-state index in [1.165, 1.54) is 16.7 Å². The van der Waals surface area contributed by atoms with Crippen LogP contribution in [0.1, 0.15) is 30.4 Å². The predicted molar refractivity (Wildman–Crippen MR) is 84.3 cm³/mol. The molecule has 0 saturated carbocycles. The first kappa shape index (κ1) is 14.1. The summed E-state index contributed by atoms with van der Waals surface area (Å²) in [6.07, 6.45) is 6.77. The molecule has 0 radical (unpaired) electrons. The van der Waals surface area contributed by atoms with Crippen LogP contribution >= 0.6 is 0 Å². The van der Waals surface area contributed by atoms with Crippen molar-refractivity contribution in [2.24, 2.45) is 0 Å². The third kappa shape index (κ3) is 1.77. The van der Waals surface area contributed by atoms with E-state index in [0.29, 0.717) is 5.75 Å². The highest BCUT2D eigenvalue weighted by Crippen LogP contribution is 2.54. The highest BCUT2D eigenvalue weighted by molar-refractivity contribution is 5.54. The highest BCUT2D eigenvalue weighted by atomic mass is 16.5. The minimum atomic E-state index is -0.0481. The third-order valence-electron chi connectivity index (χ3n) is 5.71. The largest absolute Gasteiger partial charge is 0.504 e. The van der Waals surface area contributed by atoms with Gasteiger partial charge in [0.1, 0.15) is 0 Å². The Morgan fingerprint density at radius 1 is 1.23 bits per heavy atom. The van der Waals surface area contributed by atoms with Crippen LogP contribution in [0.4, 0.5) is 0 Å². The molecule has 1 aromatic carbocycles. The van der Waals surface area contributed by atoms with Crippen molar-refractivity contribution in [3.05, 3.63) is 34.9 Å². The smallest absolute Gasteiger partial charge is 0.160 e. The van der Waals surface area contributed by atoms with E-state index in [9.17, 15) is 5.11 Å². The molecule has 4 nitrogen and oxygen atoms in total. The second-order valence-electron chi connectivity index (χ2n) is 6.56. The number of rotatable bonds is 2. The number of methoxy groups -OCH3 is 2. The quantitative estimate of drug-likeness (QED) is 0.853. The Labute approximate surface area is 131 Å². The molecular weight excluding hydrogens is 278 g/mol. The zero-order valence-electron chi connectivity index (χ0n) is 13.3. The maximum absolute atomic E-state index is 10.1. The van der Waals surface area contributed by atoms with E-state index < -0.39 is 0 Å². The van der Waals surface area contributed by atoms with Crippen molar-refractivity contribution in [2.75, 3.05) is 27.3 Å². The van der Waals surface area contributed by atoms with E-state index in [1.54, 1.807) is 14.2 Å². The molecule has 0 aromatic heterocycles. The molecule has 1 N–H and O–H groups in total. The van der Waals surface area contributed by atoms with Gasteiger partial charge in [-0.2, -0.15) is 0 Å². The number of hydrogen-bond acceptors (Lipinski definition) is 4. The van der Waals surface area contributed by atoms with Gasteiger partial charge < -0.3 is 14.6 Å². The summed E-state index contributed by atoms with van der Waals surface area (Å²) < 4.78 is 11.1. The van der Waals surface area contributed by atoms with Gasteiger partial charge in [0.2, 0.25) is 0 Å². The molecule has 2 unspecified atom stereocenters. The second-order valence-corrected chi connectivity index (χ2v) is 6.56. The van der Waals surface area contributed by atoms with Crippen LogP contribution < -0.4 is 4.74 Å². The summed E-state index contributed by atoms with van der Waals surface area (Å²) in [4.78, 5) is 2.60. The average molecular weight is 301 g/mol. The lowest BCUT2D eigenvalue weighted by Crippen LogP contribution is -2.50. The maximum atomic E-state index is 10.1. The summed E-state index contributed by atoms with van der Waals surface area (Å²) in [6, 6.07) is 3.95. The Morgan fingerprint density at radius 3 is 2.82 bits per heavy atom. The van der Waals surface area contributed by atoms with E-state index >= 15 is 0 Å². The first-order chi connectivity index (χ1) is 10.7. The van der Waals surface area contributed by atoms with Crippen LogP contribution in [0.5, 0.6) is 11.5 Å². The number of benzene rings is 1. The molecule has 0 amide bonds. The van der Waals surface area contributed by atoms with Gasteiger partial charge in [0.15, 0.2) is 11.5 Å². The molecule has 4 heteroatoms. The molecular formula is C18H23NO3. The number of fused-ring (bicyclic) bond motifs is 1. The van der Waals surface area contributed by atoms with Gasteiger partial charge in [0.05, 0.1) is 18.8 Å². The fourth-order valence-corrected chi connectivity index (χ4v) is 4.63.